The van der Waals surface area contributed by atoms with Crippen molar-refractivity contribution in [1.82, 2.24) is 4.90 Å². The van der Waals surface area contributed by atoms with Crippen LogP contribution in [0.3, 0.4) is 0 Å². The molecule has 0 aromatic heterocycles. The third kappa shape index (κ3) is 4.58. The number of rotatable bonds is 6. The Labute approximate surface area is 183 Å². The Morgan fingerprint density at radius 1 is 0.969 bits per heavy atom. The fourth-order valence-corrected chi connectivity index (χ4v) is 3.74. The molecule has 1 atom stereocenters. The van der Waals surface area contributed by atoms with Gasteiger partial charge in [-0.05, 0) is 48.5 Å². The third-order valence-electron chi connectivity index (χ3n) is 5.47. The van der Waals surface area contributed by atoms with E-state index in [0.29, 0.717) is 32.0 Å². The van der Waals surface area contributed by atoms with Crippen molar-refractivity contribution >= 4 is 29.3 Å². The summed E-state index contributed by atoms with van der Waals surface area (Å²) in [6, 6.07) is 10.3. The molecule has 0 saturated carbocycles. The van der Waals surface area contributed by atoms with E-state index in [0.717, 1.165) is 17.0 Å². The van der Waals surface area contributed by atoms with Crippen LogP contribution in [0.4, 0.5) is 10.1 Å². The highest BCUT2D eigenvalue weighted by Gasteiger charge is 2.43. The lowest BCUT2D eigenvalue weighted by molar-refractivity contribution is -0.123. The van der Waals surface area contributed by atoms with Crippen LogP contribution in [-0.4, -0.2) is 67.4 Å². The van der Waals surface area contributed by atoms with Gasteiger partial charge in [0.1, 0.15) is 5.82 Å². The Hall–Kier alpha value is -3.43. The first-order valence-corrected chi connectivity index (χ1v) is 10.2. The quantitative estimate of drug-likeness (QED) is 0.384. The van der Waals surface area contributed by atoms with Crippen molar-refractivity contribution < 1.29 is 33.0 Å². The molecule has 0 spiro atoms. The number of esters is 1. The predicted octanol–water partition coefficient (Wildman–Crippen LogP) is 1.83. The molecule has 2 amide bonds. The number of Topliss-reactive ketones (excluding diaryl/α,β-unsaturated/α-hetero) is 1. The summed E-state index contributed by atoms with van der Waals surface area (Å²) in [4.78, 5) is 52.7. The number of halogens is 1. The van der Waals surface area contributed by atoms with E-state index in [9.17, 15) is 23.6 Å². The topological polar surface area (TPSA) is 93.2 Å². The van der Waals surface area contributed by atoms with E-state index in [1.54, 1.807) is 0 Å². The highest BCUT2D eigenvalue weighted by Crippen LogP contribution is 2.26. The van der Waals surface area contributed by atoms with Gasteiger partial charge < -0.3 is 9.47 Å². The van der Waals surface area contributed by atoms with E-state index < -0.39 is 30.2 Å². The molecule has 1 unspecified atom stereocenters. The second kappa shape index (κ2) is 9.37. The summed E-state index contributed by atoms with van der Waals surface area (Å²) in [5.41, 5.74) is 0.773. The molecular weight excluding hydrogens is 419 g/mol. The molecule has 9 heteroatoms. The predicted molar refractivity (Wildman–Crippen MR) is 111 cm³/mol. The van der Waals surface area contributed by atoms with Gasteiger partial charge >= 0.3 is 5.97 Å². The normalized spacial score (nSPS) is 19.3. The molecule has 2 heterocycles. The zero-order chi connectivity index (χ0) is 22.7. The molecule has 32 heavy (non-hydrogen) atoms. The largest absolute Gasteiger partial charge is 0.454 e. The van der Waals surface area contributed by atoms with E-state index in [-0.39, 0.29) is 29.4 Å². The number of hydrogen-bond donors (Lipinski definition) is 0. The van der Waals surface area contributed by atoms with Crippen molar-refractivity contribution in [3.05, 3.63) is 65.5 Å². The number of ether oxygens (including phenoxy) is 2. The number of hydrogen-bond acceptors (Lipinski definition) is 7. The lowest BCUT2D eigenvalue weighted by Gasteiger charge is -2.30. The molecule has 0 bridgehead atoms. The summed E-state index contributed by atoms with van der Waals surface area (Å²) in [6.07, 6.45) is 0.105. The number of nitrogens with zero attached hydrogens (tertiary/aromatic N) is 2. The first-order chi connectivity index (χ1) is 15.4. The summed E-state index contributed by atoms with van der Waals surface area (Å²) in [5, 5.41) is 0. The van der Waals surface area contributed by atoms with Crippen LogP contribution >= 0.6 is 0 Å². The number of imide groups is 1. The van der Waals surface area contributed by atoms with E-state index in [1.165, 1.54) is 36.4 Å². The number of anilines is 1. The van der Waals surface area contributed by atoms with E-state index in [4.69, 9.17) is 9.47 Å². The standard InChI is InChI=1S/C23H21FN2O6/c24-17-5-1-15(2-6-17)20(27)14-32-23(30)16-3-7-18(8-4-16)26-21(28)13-19(22(26)29)25-9-11-31-12-10-25/h1-8,19H,9-14H2. The van der Waals surface area contributed by atoms with Crippen molar-refractivity contribution in [3.63, 3.8) is 0 Å². The molecule has 2 aromatic rings. The smallest absolute Gasteiger partial charge is 0.338 e. The molecule has 0 aliphatic carbocycles. The highest BCUT2D eigenvalue weighted by atomic mass is 19.1. The Balaban J connectivity index is 1.37. The van der Waals surface area contributed by atoms with Gasteiger partial charge in [0.25, 0.3) is 5.91 Å². The van der Waals surface area contributed by atoms with Gasteiger partial charge in [-0.1, -0.05) is 0 Å². The van der Waals surface area contributed by atoms with Crippen molar-refractivity contribution in [1.29, 1.82) is 0 Å². The van der Waals surface area contributed by atoms with Gasteiger partial charge in [-0.25, -0.2) is 14.1 Å². The zero-order valence-corrected chi connectivity index (χ0v) is 17.2. The van der Waals surface area contributed by atoms with Crippen molar-refractivity contribution in [2.45, 2.75) is 12.5 Å². The van der Waals surface area contributed by atoms with Crippen LogP contribution in [0.1, 0.15) is 27.1 Å². The maximum atomic E-state index is 12.9. The lowest BCUT2D eigenvalue weighted by Crippen LogP contribution is -2.47. The molecular formula is C23H21FN2O6. The minimum atomic E-state index is -0.725. The van der Waals surface area contributed by atoms with Crippen molar-refractivity contribution in [2.24, 2.45) is 0 Å². The summed E-state index contributed by atoms with van der Waals surface area (Å²) in [6.45, 7) is 1.76. The Morgan fingerprint density at radius 3 is 2.25 bits per heavy atom. The molecule has 2 fully saturated rings. The second-order valence-electron chi connectivity index (χ2n) is 7.49. The Bertz CT molecular complexity index is 1030. The lowest BCUT2D eigenvalue weighted by atomic mass is 10.1. The van der Waals surface area contributed by atoms with Crippen molar-refractivity contribution in [2.75, 3.05) is 37.8 Å². The number of morpholine rings is 1. The van der Waals surface area contributed by atoms with Crippen molar-refractivity contribution in [3.8, 4) is 0 Å². The number of ketones is 1. The molecule has 0 radical (unpaired) electrons. The fraction of sp³-hybridized carbons (Fsp3) is 0.304. The average Bonchev–Trinajstić information content (AvgIpc) is 3.12. The SMILES string of the molecule is O=C(COC(=O)c1ccc(N2C(=O)CC(N3CCOCC3)C2=O)cc1)c1ccc(F)cc1. The maximum Gasteiger partial charge on any atom is 0.338 e. The first kappa shape index (κ1) is 21.8. The summed E-state index contributed by atoms with van der Waals surface area (Å²) >= 11 is 0. The molecule has 8 nitrogen and oxygen atoms in total. The number of carbonyl (C=O) groups excluding carboxylic acids is 4. The van der Waals surface area contributed by atoms with Crippen LogP contribution in [0.15, 0.2) is 48.5 Å². The zero-order valence-electron chi connectivity index (χ0n) is 17.2. The van der Waals surface area contributed by atoms with E-state index in [2.05, 4.69) is 0 Å². The first-order valence-electron chi connectivity index (χ1n) is 10.2. The van der Waals surface area contributed by atoms with Crippen LogP contribution in [0, 0.1) is 5.82 Å². The Morgan fingerprint density at radius 2 is 1.59 bits per heavy atom. The molecule has 2 aliphatic rings. The van der Waals surface area contributed by atoms with E-state index in [1.807, 2.05) is 4.90 Å². The summed E-state index contributed by atoms with van der Waals surface area (Å²) in [5.74, 6) is -2.25. The second-order valence-corrected chi connectivity index (χ2v) is 7.49. The van der Waals surface area contributed by atoms with Gasteiger partial charge in [0.05, 0.1) is 36.9 Å². The van der Waals surface area contributed by atoms with E-state index >= 15 is 0 Å². The molecule has 0 N–H and O–H groups in total. The Kier molecular flexibility index (Phi) is 6.38. The van der Waals surface area contributed by atoms with Gasteiger partial charge in [-0.2, -0.15) is 0 Å². The minimum absolute atomic E-state index is 0.105. The van der Waals surface area contributed by atoms with Gasteiger partial charge in [0.2, 0.25) is 5.91 Å². The molecule has 2 aromatic carbocycles. The summed E-state index contributed by atoms with van der Waals surface area (Å²) < 4.78 is 23.3. The van der Waals surface area contributed by atoms with Gasteiger partial charge in [0, 0.05) is 18.7 Å². The van der Waals surface area contributed by atoms with Crippen LogP contribution in [0.2, 0.25) is 0 Å². The number of carbonyl (C=O) groups is 4. The molecule has 166 valence electrons. The average molecular weight is 440 g/mol. The minimum Gasteiger partial charge on any atom is -0.454 e. The summed E-state index contributed by atoms with van der Waals surface area (Å²) in [7, 11) is 0. The van der Waals surface area contributed by atoms with Crippen LogP contribution < -0.4 is 4.90 Å². The van der Waals surface area contributed by atoms with Crippen LogP contribution in [-0.2, 0) is 19.1 Å². The number of amides is 2. The van der Waals surface area contributed by atoms with Gasteiger partial charge in [-0.3, -0.25) is 19.3 Å². The van der Waals surface area contributed by atoms with Crippen LogP contribution in [0.5, 0.6) is 0 Å². The third-order valence-corrected chi connectivity index (χ3v) is 5.47. The molecule has 4 rings (SSSR count). The molecule has 2 aliphatic heterocycles. The molecule has 2 saturated heterocycles. The highest BCUT2D eigenvalue weighted by molar-refractivity contribution is 6.22. The van der Waals surface area contributed by atoms with Gasteiger partial charge in [0.15, 0.2) is 12.4 Å². The fourth-order valence-electron chi connectivity index (χ4n) is 3.74. The number of benzene rings is 2. The van der Waals surface area contributed by atoms with Gasteiger partial charge in [-0.15, -0.1) is 0 Å². The monoisotopic (exact) mass is 440 g/mol. The van der Waals surface area contributed by atoms with Crippen LogP contribution in [0.25, 0.3) is 0 Å². The maximum absolute atomic E-state index is 12.9.